The van der Waals surface area contributed by atoms with Crippen LogP contribution in [0.3, 0.4) is 0 Å². The van der Waals surface area contributed by atoms with Crippen molar-refractivity contribution in [3.8, 4) is 0 Å². The zero-order valence-electron chi connectivity index (χ0n) is 16.8. The Labute approximate surface area is 185 Å². The smallest absolute Gasteiger partial charge is 0.251 e. The van der Waals surface area contributed by atoms with Crippen molar-refractivity contribution in [3.63, 3.8) is 0 Å². The summed E-state index contributed by atoms with van der Waals surface area (Å²) in [6.45, 7) is 7.59. The third-order valence-corrected chi connectivity index (χ3v) is 4.38. The number of hydrogen-bond donors (Lipinski definition) is 3. The zero-order valence-corrected chi connectivity index (χ0v) is 18.4. The van der Waals surface area contributed by atoms with Gasteiger partial charge in [-0.25, -0.2) is 0 Å². The van der Waals surface area contributed by atoms with Gasteiger partial charge in [-0.05, 0) is 55.1 Å². The number of benzene rings is 2. The molecule has 0 saturated carbocycles. The van der Waals surface area contributed by atoms with E-state index in [1.807, 2.05) is 12.1 Å². The van der Waals surface area contributed by atoms with Crippen LogP contribution in [0.4, 0.5) is 11.4 Å². The van der Waals surface area contributed by atoms with Gasteiger partial charge in [-0.1, -0.05) is 26.0 Å². The van der Waals surface area contributed by atoms with E-state index in [0.717, 1.165) is 25.2 Å². The van der Waals surface area contributed by atoms with Crippen molar-refractivity contribution in [2.24, 2.45) is 0 Å². The SMILES string of the molecule is CCN(CC)CCNC(=O)c1ccc(NC(=O)Cc2ccc(N)cc2)cc1.Cl.Cl. The van der Waals surface area contributed by atoms with Crippen molar-refractivity contribution >= 4 is 48.0 Å². The molecular weight excluding hydrogens is 411 g/mol. The lowest BCUT2D eigenvalue weighted by atomic mass is 10.1. The number of likely N-dealkylation sites (N-methyl/N-ethyl adjacent to an activating group) is 1. The summed E-state index contributed by atoms with van der Waals surface area (Å²) in [5.74, 6) is -0.224. The Kier molecular flexibility index (Phi) is 12.7. The molecule has 0 unspecified atom stereocenters. The highest BCUT2D eigenvalue weighted by molar-refractivity contribution is 5.96. The molecule has 0 heterocycles. The molecule has 2 rings (SSSR count). The molecule has 0 aliphatic carbocycles. The van der Waals surface area contributed by atoms with Gasteiger partial charge in [0.2, 0.25) is 5.91 Å². The lowest BCUT2D eigenvalue weighted by molar-refractivity contribution is -0.115. The molecule has 0 atom stereocenters. The van der Waals surface area contributed by atoms with Crippen molar-refractivity contribution in [2.45, 2.75) is 20.3 Å². The first-order chi connectivity index (χ1) is 13.0. The van der Waals surface area contributed by atoms with Gasteiger partial charge in [0.1, 0.15) is 0 Å². The normalized spacial score (nSPS) is 9.90. The topological polar surface area (TPSA) is 87.5 Å². The summed E-state index contributed by atoms with van der Waals surface area (Å²) >= 11 is 0. The minimum absolute atomic E-state index is 0. The first-order valence-corrected chi connectivity index (χ1v) is 9.26. The minimum atomic E-state index is -0.115. The van der Waals surface area contributed by atoms with E-state index >= 15 is 0 Å². The quantitative estimate of drug-likeness (QED) is 0.521. The Bertz CT molecular complexity index is 748. The van der Waals surface area contributed by atoms with E-state index in [4.69, 9.17) is 5.73 Å². The molecule has 0 aliphatic rings. The summed E-state index contributed by atoms with van der Waals surface area (Å²) in [5.41, 5.74) is 8.45. The maximum Gasteiger partial charge on any atom is 0.251 e. The van der Waals surface area contributed by atoms with Gasteiger partial charge in [0.05, 0.1) is 6.42 Å². The Morgan fingerprint density at radius 1 is 0.931 bits per heavy atom. The van der Waals surface area contributed by atoms with Crippen LogP contribution in [0, 0.1) is 0 Å². The number of nitrogens with two attached hydrogens (primary N) is 1. The molecule has 29 heavy (non-hydrogen) atoms. The van der Waals surface area contributed by atoms with Gasteiger partial charge < -0.3 is 21.3 Å². The van der Waals surface area contributed by atoms with E-state index in [-0.39, 0.29) is 43.0 Å². The number of amides is 2. The summed E-state index contributed by atoms with van der Waals surface area (Å²) in [4.78, 5) is 26.5. The molecule has 0 radical (unpaired) electrons. The number of carbonyl (C=O) groups is 2. The van der Waals surface area contributed by atoms with Crippen molar-refractivity contribution in [1.29, 1.82) is 0 Å². The first kappa shape index (κ1) is 26.7. The minimum Gasteiger partial charge on any atom is -0.399 e. The highest BCUT2D eigenvalue weighted by atomic mass is 35.5. The number of rotatable bonds is 9. The number of halogens is 2. The van der Waals surface area contributed by atoms with Gasteiger partial charge in [-0.15, -0.1) is 24.8 Å². The number of nitrogens with zero attached hydrogens (tertiary/aromatic N) is 1. The van der Waals surface area contributed by atoms with Crippen molar-refractivity contribution in [3.05, 3.63) is 59.7 Å². The number of hydrogen-bond acceptors (Lipinski definition) is 4. The van der Waals surface area contributed by atoms with Gasteiger partial charge in [-0.3, -0.25) is 9.59 Å². The summed E-state index contributed by atoms with van der Waals surface area (Å²) in [7, 11) is 0. The summed E-state index contributed by atoms with van der Waals surface area (Å²) in [5, 5.41) is 5.75. The molecule has 0 fully saturated rings. The predicted molar refractivity (Wildman–Crippen MR) is 124 cm³/mol. The Morgan fingerprint density at radius 2 is 1.52 bits per heavy atom. The van der Waals surface area contributed by atoms with Crippen LogP contribution in [0.25, 0.3) is 0 Å². The molecule has 2 amide bonds. The summed E-state index contributed by atoms with van der Waals surface area (Å²) in [6, 6.07) is 14.1. The van der Waals surface area contributed by atoms with Crippen LogP contribution in [0.5, 0.6) is 0 Å². The molecule has 0 aliphatic heterocycles. The maximum atomic E-state index is 12.2. The van der Waals surface area contributed by atoms with E-state index in [1.54, 1.807) is 36.4 Å². The van der Waals surface area contributed by atoms with Crippen LogP contribution in [-0.2, 0) is 11.2 Å². The van der Waals surface area contributed by atoms with Crippen LogP contribution < -0.4 is 16.4 Å². The molecule has 2 aromatic carbocycles. The molecule has 0 bridgehead atoms. The fourth-order valence-corrected chi connectivity index (χ4v) is 2.70. The zero-order chi connectivity index (χ0) is 19.6. The third kappa shape index (κ3) is 9.17. The fourth-order valence-electron chi connectivity index (χ4n) is 2.70. The molecule has 6 nitrogen and oxygen atoms in total. The second kappa shape index (κ2) is 13.8. The van der Waals surface area contributed by atoms with Crippen LogP contribution in [0.1, 0.15) is 29.8 Å². The molecule has 0 spiro atoms. The van der Waals surface area contributed by atoms with Crippen molar-refractivity contribution in [1.82, 2.24) is 10.2 Å². The first-order valence-electron chi connectivity index (χ1n) is 9.26. The summed E-state index contributed by atoms with van der Waals surface area (Å²) in [6.07, 6.45) is 0.272. The second-order valence-electron chi connectivity index (χ2n) is 6.33. The highest BCUT2D eigenvalue weighted by Crippen LogP contribution is 2.11. The van der Waals surface area contributed by atoms with Crippen LogP contribution in [-0.4, -0.2) is 42.9 Å². The third-order valence-electron chi connectivity index (χ3n) is 4.38. The standard InChI is InChI=1S/C21H28N4O2.2ClH/c1-3-25(4-2)14-13-23-21(27)17-7-11-19(12-8-17)24-20(26)15-16-5-9-18(22)10-6-16;;/h5-12H,3-4,13-15,22H2,1-2H3,(H,23,27)(H,24,26);2*1H. The fraction of sp³-hybridized carbons (Fsp3) is 0.333. The average Bonchev–Trinajstić information content (AvgIpc) is 2.67. The van der Waals surface area contributed by atoms with Crippen LogP contribution >= 0.6 is 24.8 Å². The van der Waals surface area contributed by atoms with Gasteiger partial charge >= 0.3 is 0 Å². The molecule has 0 saturated heterocycles. The average molecular weight is 441 g/mol. The van der Waals surface area contributed by atoms with Gasteiger partial charge in [0.25, 0.3) is 5.91 Å². The predicted octanol–water partition coefficient (Wildman–Crippen LogP) is 3.37. The van der Waals surface area contributed by atoms with Crippen molar-refractivity contribution in [2.75, 3.05) is 37.2 Å². The second-order valence-corrected chi connectivity index (χ2v) is 6.33. The molecule has 160 valence electrons. The van der Waals surface area contributed by atoms with E-state index in [9.17, 15) is 9.59 Å². The summed E-state index contributed by atoms with van der Waals surface area (Å²) < 4.78 is 0. The Balaban J connectivity index is 0.00000392. The van der Waals surface area contributed by atoms with Gasteiger partial charge in [-0.2, -0.15) is 0 Å². The Hall–Kier alpha value is -2.28. The number of anilines is 2. The lowest BCUT2D eigenvalue weighted by Gasteiger charge is -2.18. The van der Waals surface area contributed by atoms with E-state index in [0.29, 0.717) is 23.5 Å². The molecule has 0 aromatic heterocycles. The lowest BCUT2D eigenvalue weighted by Crippen LogP contribution is -2.34. The molecule has 4 N–H and O–H groups in total. The van der Waals surface area contributed by atoms with Crippen LogP contribution in [0.15, 0.2) is 48.5 Å². The molecular formula is C21H30Cl2N4O2. The van der Waals surface area contributed by atoms with Gasteiger partial charge in [0.15, 0.2) is 0 Å². The Morgan fingerprint density at radius 3 is 2.07 bits per heavy atom. The number of carbonyl (C=O) groups excluding carboxylic acids is 2. The van der Waals surface area contributed by atoms with Crippen LogP contribution in [0.2, 0.25) is 0 Å². The van der Waals surface area contributed by atoms with E-state index in [2.05, 4.69) is 29.4 Å². The maximum absolute atomic E-state index is 12.2. The van der Waals surface area contributed by atoms with Gasteiger partial charge in [0, 0.05) is 30.0 Å². The molecule has 2 aromatic rings. The van der Waals surface area contributed by atoms with E-state index < -0.39 is 0 Å². The van der Waals surface area contributed by atoms with Crippen molar-refractivity contribution < 1.29 is 9.59 Å². The monoisotopic (exact) mass is 440 g/mol. The highest BCUT2D eigenvalue weighted by Gasteiger charge is 2.08. The molecule has 8 heteroatoms. The number of nitrogen functional groups attached to an aromatic ring is 1. The number of nitrogens with one attached hydrogen (secondary N) is 2. The largest absolute Gasteiger partial charge is 0.399 e. The van der Waals surface area contributed by atoms with E-state index in [1.165, 1.54) is 0 Å².